The third-order valence-corrected chi connectivity index (χ3v) is 5.75. The Kier molecular flexibility index (Phi) is 6.29. The van der Waals surface area contributed by atoms with E-state index >= 15 is 0 Å². The first-order chi connectivity index (χ1) is 15.0. The summed E-state index contributed by atoms with van der Waals surface area (Å²) in [7, 11) is 0. The fourth-order valence-electron chi connectivity index (χ4n) is 4.12. The van der Waals surface area contributed by atoms with Gasteiger partial charge in [-0.15, -0.1) is 0 Å². The van der Waals surface area contributed by atoms with Crippen LogP contribution in [0.2, 0.25) is 0 Å². The number of benzene rings is 1. The molecule has 8 nitrogen and oxygen atoms in total. The predicted molar refractivity (Wildman–Crippen MR) is 114 cm³/mol. The Morgan fingerprint density at radius 3 is 2.81 bits per heavy atom. The molecule has 162 valence electrons. The normalized spacial score (nSPS) is 23.2. The van der Waals surface area contributed by atoms with Crippen molar-refractivity contribution < 1.29 is 19.5 Å². The molecular formula is C23H26N4O4. The Hall–Kier alpha value is -3.23. The Bertz CT molecular complexity index is 979. The lowest BCUT2D eigenvalue weighted by Crippen LogP contribution is -2.60. The van der Waals surface area contributed by atoms with Crippen LogP contribution < -0.4 is 15.5 Å². The number of pyridine rings is 1. The van der Waals surface area contributed by atoms with E-state index in [0.29, 0.717) is 25.5 Å². The maximum absolute atomic E-state index is 13.2. The molecule has 0 radical (unpaired) electrons. The van der Waals surface area contributed by atoms with Crippen LogP contribution in [0.3, 0.4) is 0 Å². The summed E-state index contributed by atoms with van der Waals surface area (Å²) >= 11 is 0. The van der Waals surface area contributed by atoms with Gasteiger partial charge in [0.1, 0.15) is 6.10 Å². The number of hydrogen-bond donors (Lipinski definition) is 3. The van der Waals surface area contributed by atoms with Crippen LogP contribution in [0.25, 0.3) is 5.57 Å². The average molecular weight is 422 g/mol. The second-order valence-electron chi connectivity index (χ2n) is 7.93. The number of ether oxygens (including phenoxy) is 1. The van der Waals surface area contributed by atoms with E-state index in [1.54, 1.807) is 16.6 Å². The molecule has 0 saturated carbocycles. The van der Waals surface area contributed by atoms with Gasteiger partial charge in [0.25, 0.3) is 0 Å². The van der Waals surface area contributed by atoms with Gasteiger partial charge >= 0.3 is 0 Å². The third-order valence-electron chi connectivity index (χ3n) is 5.75. The number of hydroxylamine groups is 1. The standard InChI is InChI=1S/C23H26N4O4/c1-15-7-9-24-20(11-15)31-18-12-19(22(28)26-30)21(25-13-18)23(29)27-10-8-17(14-27)16-5-3-2-4-6-16/h2-9,11,18-19,21,25,30H,10,12-14H2,1H3,(H,26,28)/t18-,19-,21-/m0/s1. The van der Waals surface area contributed by atoms with Crippen molar-refractivity contribution in [1.29, 1.82) is 0 Å². The number of carbonyl (C=O) groups is 2. The van der Waals surface area contributed by atoms with E-state index in [1.807, 2.05) is 55.5 Å². The van der Waals surface area contributed by atoms with Gasteiger partial charge in [0.05, 0.1) is 12.0 Å². The molecule has 4 rings (SSSR count). The zero-order valence-corrected chi connectivity index (χ0v) is 17.3. The zero-order chi connectivity index (χ0) is 21.8. The van der Waals surface area contributed by atoms with E-state index in [1.165, 1.54) is 0 Å². The molecule has 1 aromatic heterocycles. The Morgan fingerprint density at radius 1 is 1.26 bits per heavy atom. The first kappa shape index (κ1) is 21.0. The summed E-state index contributed by atoms with van der Waals surface area (Å²) in [6, 6.07) is 12.9. The lowest BCUT2D eigenvalue weighted by Gasteiger charge is -2.36. The minimum atomic E-state index is -0.762. The molecule has 31 heavy (non-hydrogen) atoms. The number of rotatable bonds is 5. The van der Waals surface area contributed by atoms with Crippen molar-refractivity contribution in [3.05, 3.63) is 65.9 Å². The van der Waals surface area contributed by atoms with Crippen LogP contribution in [-0.4, -0.2) is 58.7 Å². The van der Waals surface area contributed by atoms with Crippen molar-refractivity contribution in [3.8, 4) is 5.88 Å². The molecule has 0 spiro atoms. The van der Waals surface area contributed by atoms with E-state index in [2.05, 4.69) is 10.3 Å². The summed E-state index contributed by atoms with van der Waals surface area (Å²) in [5.74, 6) is -1.06. The summed E-state index contributed by atoms with van der Waals surface area (Å²) < 4.78 is 5.92. The molecule has 2 aliphatic rings. The molecule has 1 fully saturated rings. The molecule has 3 N–H and O–H groups in total. The number of aryl methyl sites for hydroxylation is 1. The second kappa shape index (κ2) is 9.28. The van der Waals surface area contributed by atoms with Crippen LogP contribution in [-0.2, 0) is 9.59 Å². The highest BCUT2D eigenvalue weighted by molar-refractivity contribution is 5.91. The molecule has 1 saturated heterocycles. The van der Waals surface area contributed by atoms with Crippen molar-refractivity contribution >= 4 is 17.4 Å². The van der Waals surface area contributed by atoms with Gasteiger partial charge in [0.2, 0.25) is 17.7 Å². The van der Waals surface area contributed by atoms with E-state index in [0.717, 1.165) is 16.7 Å². The largest absolute Gasteiger partial charge is 0.473 e. The van der Waals surface area contributed by atoms with Crippen LogP contribution in [0.1, 0.15) is 17.5 Å². The number of carbonyl (C=O) groups excluding carboxylic acids is 2. The smallest absolute Gasteiger partial charge is 0.248 e. The molecule has 0 aliphatic carbocycles. The third kappa shape index (κ3) is 4.76. The minimum absolute atomic E-state index is 0.164. The fraction of sp³-hybridized carbons (Fsp3) is 0.348. The number of nitrogens with one attached hydrogen (secondary N) is 2. The average Bonchev–Trinajstić information content (AvgIpc) is 3.29. The van der Waals surface area contributed by atoms with Crippen LogP contribution in [0, 0.1) is 12.8 Å². The van der Waals surface area contributed by atoms with Crippen molar-refractivity contribution in [2.45, 2.75) is 25.5 Å². The summed E-state index contributed by atoms with van der Waals surface area (Å²) in [5, 5.41) is 12.4. The van der Waals surface area contributed by atoms with Gasteiger partial charge < -0.3 is 15.0 Å². The number of hydrogen-bond acceptors (Lipinski definition) is 6. The van der Waals surface area contributed by atoms with Crippen LogP contribution in [0.5, 0.6) is 5.88 Å². The summed E-state index contributed by atoms with van der Waals surface area (Å²) in [4.78, 5) is 31.5. The van der Waals surface area contributed by atoms with Gasteiger partial charge in [-0.1, -0.05) is 36.4 Å². The van der Waals surface area contributed by atoms with Crippen LogP contribution in [0.4, 0.5) is 0 Å². The monoisotopic (exact) mass is 422 g/mol. The van der Waals surface area contributed by atoms with Crippen LogP contribution in [0.15, 0.2) is 54.7 Å². The number of piperidine rings is 1. The zero-order valence-electron chi connectivity index (χ0n) is 17.3. The molecule has 8 heteroatoms. The lowest BCUT2D eigenvalue weighted by molar-refractivity contribution is -0.144. The van der Waals surface area contributed by atoms with Gasteiger partial charge in [-0.2, -0.15) is 0 Å². The number of nitrogens with zero attached hydrogens (tertiary/aromatic N) is 2. The Balaban J connectivity index is 1.43. The first-order valence-electron chi connectivity index (χ1n) is 10.3. The van der Waals surface area contributed by atoms with Gasteiger partial charge in [-0.05, 0) is 36.1 Å². The summed E-state index contributed by atoms with van der Waals surface area (Å²) in [5.41, 5.74) is 4.89. The van der Waals surface area contributed by atoms with Crippen molar-refractivity contribution in [3.63, 3.8) is 0 Å². The van der Waals surface area contributed by atoms with Gasteiger partial charge in [0.15, 0.2) is 0 Å². The van der Waals surface area contributed by atoms with Gasteiger partial charge in [-0.25, -0.2) is 10.5 Å². The quantitative estimate of drug-likeness (QED) is 0.499. The highest BCUT2D eigenvalue weighted by Crippen LogP contribution is 2.26. The molecule has 0 bridgehead atoms. The fourth-order valence-corrected chi connectivity index (χ4v) is 4.12. The molecule has 3 atom stereocenters. The number of aromatic nitrogens is 1. The van der Waals surface area contributed by atoms with Crippen molar-refractivity contribution in [2.24, 2.45) is 5.92 Å². The first-order valence-corrected chi connectivity index (χ1v) is 10.3. The highest BCUT2D eigenvalue weighted by Gasteiger charge is 2.42. The maximum Gasteiger partial charge on any atom is 0.248 e. The molecule has 1 aromatic carbocycles. The molecule has 2 aliphatic heterocycles. The van der Waals surface area contributed by atoms with Gasteiger partial charge in [-0.3, -0.25) is 14.8 Å². The highest BCUT2D eigenvalue weighted by atomic mass is 16.5. The van der Waals surface area contributed by atoms with Crippen molar-refractivity contribution in [2.75, 3.05) is 19.6 Å². The second-order valence-corrected chi connectivity index (χ2v) is 7.93. The number of amides is 2. The van der Waals surface area contributed by atoms with E-state index in [9.17, 15) is 14.8 Å². The predicted octanol–water partition coefficient (Wildman–Crippen LogP) is 1.55. The van der Waals surface area contributed by atoms with E-state index in [-0.39, 0.29) is 18.4 Å². The molecule has 2 aromatic rings. The maximum atomic E-state index is 13.2. The molecule has 2 amide bonds. The Morgan fingerprint density at radius 2 is 2.06 bits per heavy atom. The molecule has 3 heterocycles. The topological polar surface area (TPSA) is 104 Å². The summed E-state index contributed by atoms with van der Waals surface area (Å²) in [6.07, 6.45) is 3.64. The van der Waals surface area contributed by atoms with E-state index in [4.69, 9.17) is 4.74 Å². The lowest BCUT2D eigenvalue weighted by atomic mass is 9.87. The summed E-state index contributed by atoms with van der Waals surface area (Å²) in [6.45, 7) is 3.32. The molecule has 0 unspecified atom stereocenters. The molecular weight excluding hydrogens is 396 g/mol. The van der Waals surface area contributed by atoms with Crippen molar-refractivity contribution in [1.82, 2.24) is 20.7 Å². The van der Waals surface area contributed by atoms with Gasteiger partial charge in [0, 0.05) is 31.9 Å². The SMILES string of the molecule is Cc1ccnc(O[C@@H]2CN[C@H](C(=O)N3CC=C(c4ccccc4)C3)[C@@H](C(=O)NO)C2)c1. The van der Waals surface area contributed by atoms with E-state index < -0.39 is 17.9 Å². The van der Waals surface area contributed by atoms with Crippen LogP contribution >= 0.6 is 0 Å². The minimum Gasteiger partial charge on any atom is -0.473 e. The Labute approximate surface area is 180 Å².